The smallest absolute Gasteiger partial charge is 0.354 e. The first-order valence-electron chi connectivity index (χ1n) is 4.66. The molecule has 5 heteroatoms. The molecule has 0 bridgehead atoms. The summed E-state index contributed by atoms with van der Waals surface area (Å²) in [7, 11) is 0. The highest BCUT2D eigenvalue weighted by molar-refractivity contribution is 9.10. The molecule has 0 saturated carbocycles. The number of carboxylic acids is 1. The van der Waals surface area contributed by atoms with Crippen LogP contribution in [0.3, 0.4) is 0 Å². The maximum Gasteiger partial charge on any atom is 0.354 e. The Balaban J connectivity index is 2.29. The fraction of sp³-hybridized carbons (Fsp3) is 0.400. The molecule has 1 aliphatic rings. The lowest BCUT2D eigenvalue weighted by Crippen LogP contribution is -2.05. The van der Waals surface area contributed by atoms with E-state index in [9.17, 15) is 4.79 Å². The second-order valence-electron chi connectivity index (χ2n) is 3.44. The van der Waals surface area contributed by atoms with Gasteiger partial charge >= 0.3 is 5.97 Å². The van der Waals surface area contributed by atoms with Gasteiger partial charge in [-0.05, 0) is 34.0 Å². The molecule has 1 unspecified atom stereocenters. The Kier molecular flexibility index (Phi) is 3.02. The molecule has 0 aliphatic carbocycles. The molecule has 80 valence electrons. The normalized spacial score (nSPS) is 20.5. The van der Waals surface area contributed by atoms with Gasteiger partial charge in [0.15, 0.2) is 0 Å². The number of nitrogens with zero attached hydrogens (tertiary/aromatic N) is 1. The van der Waals surface area contributed by atoms with Gasteiger partial charge in [-0.25, -0.2) is 9.78 Å². The summed E-state index contributed by atoms with van der Waals surface area (Å²) < 4.78 is 5.89. The summed E-state index contributed by atoms with van der Waals surface area (Å²) >= 11 is 3.30. The van der Waals surface area contributed by atoms with Crippen molar-refractivity contribution in [3.63, 3.8) is 0 Å². The van der Waals surface area contributed by atoms with Crippen molar-refractivity contribution in [2.75, 3.05) is 13.2 Å². The van der Waals surface area contributed by atoms with E-state index in [1.807, 2.05) is 0 Å². The zero-order chi connectivity index (χ0) is 10.8. The number of hydrogen-bond donors (Lipinski definition) is 1. The summed E-state index contributed by atoms with van der Waals surface area (Å²) in [5, 5.41) is 8.76. The second-order valence-corrected chi connectivity index (χ2v) is 4.19. The van der Waals surface area contributed by atoms with Crippen LogP contribution in [-0.4, -0.2) is 29.3 Å². The number of hydrogen-bond acceptors (Lipinski definition) is 3. The van der Waals surface area contributed by atoms with Crippen molar-refractivity contribution in [3.8, 4) is 0 Å². The van der Waals surface area contributed by atoms with E-state index in [-0.39, 0.29) is 5.69 Å². The van der Waals surface area contributed by atoms with E-state index in [1.54, 1.807) is 6.07 Å². The maximum atomic E-state index is 10.7. The lowest BCUT2D eigenvalue weighted by molar-refractivity contribution is 0.0690. The molecule has 1 aromatic rings. The van der Waals surface area contributed by atoms with Crippen LogP contribution in [0, 0.1) is 0 Å². The first-order valence-corrected chi connectivity index (χ1v) is 5.45. The third-order valence-electron chi connectivity index (χ3n) is 2.47. The van der Waals surface area contributed by atoms with Crippen LogP contribution < -0.4 is 0 Å². The van der Waals surface area contributed by atoms with Crippen LogP contribution in [0.15, 0.2) is 16.7 Å². The average Bonchev–Trinajstić information content (AvgIpc) is 2.70. The third-order valence-corrected chi connectivity index (χ3v) is 3.10. The second kappa shape index (κ2) is 4.28. The molecule has 1 saturated heterocycles. The Morgan fingerprint density at radius 3 is 2.93 bits per heavy atom. The van der Waals surface area contributed by atoms with Gasteiger partial charge < -0.3 is 9.84 Å². The third kappa shape index (κ3) is 2.18. The zero-order valence-corrected chi connectivity index (χ0v) is 9.53. The number of aromatic nitrogens is 1. The minimum absolute atomic E-state index is 0.0598. The Labute approximate surface area is 95.4 Å². The lowest BCUT2D eigenvalue weighted by Gasteiger charge is -2.09. The number of rotatable bonds is 2. The molecule has 2 rings (SSSR count). The summed E-state index contributed by atoms with van der Waals surface area (Å²) in [5.74, 6) is -0.681. The van der Waals surface area contributed by atoms with Crippen molar-refractivity contribution in [2.24, 2.45) is 0 Å². The molecule has 1 atom stereocenters. The van der Waals surface area contributed by atoms with E-state index in [1.165, 1.54) is 6.07 Å². The van der Waals surface area contributed by atoms with Crippen molar-refractivity contribution in [3.05, 3.63) is 28.0 Å². The maximum absolute atomic E-state index is 10.7. The number of halogens is 1. The van der Waals surface area contributed by atoms with E-state index in [0.717, 1.165) is 18.6 Å². The van der Waals surface area contributed by atoms with Crippen LogP contribution >= 0.6 is 15.9 Å². The van der Waals surface area contributed by atoms with Crippen molar-refractivity contribution < 1.29 is 14.6 Å². The summed E-state index contributed by atoms with van der Waals surface area (Å²) in [6, 6.07) is 3.33. The Bertz CT molecular complexity index is 388. The van der Waals surface area contributed by atoms with Crippen LogP contribution in [0.5, 0.6) is 0 Å². The number of ether oxygens (including phenoxy) is 1. The molecule has 1 fully saturated rings. The van der Waals surface area contributed by atoms with Gasteiger partial charge in [-0.2, -0.15) is 0 Å². The van der Waals surface area contributed by atoms with Crippen LogP contribution in [-0.2, 0) is 4.74 Å². The van der Waals surface area contributed by atoms with Crippen molar-refractivity contribution >= 4 is 21.9 Å². The van der Waals surface area contributed by atoms with E-state index in [4.69, 9.17) is 9.84 Å². The van der Waals surface area contributed by atoms with Crippen LogP contribution in [0.2, 0.25) is 0 Å². The Hall–Kier alpha value is -0.940. The molecular weight excluding hydrogens is 262 g/mol. The summed E-state index contributed by atoms with van der Waals surface area (Å²) in [5.41, 5.74) is 1.09. The van der Waals surface area contributed by atoms with Gasteiger partial charge in [-0.1, -0.05) is 6.07 Å². The van der Waals surface area contributed by atoms with Gasteiger partial charge in [-0.15, -0.1) is 0 Å². The summed E-state index contributed by atoms with van der Waals surface area (Å²) in [6.45, 7) is 1.45. The van der Waals surface area contributed by atoms with Gasteiger partial charge in [0.05, 0.1) is 6.61 Å². The van der Waals surface area contributed by atoms with E-state index < -0.39 is 5.97 Å². The zero-order valence-electron chi connectivity index (χ0n) is 7.94. The van der Waals surface area contributed by atoms with E-state index in [0.29, 0.717) is 17.1 Å². The highest BCUT2D eigenvalue weighted by atomic mass is 79.9. The van der Waals surface area contributed by atoms with Gasteiger partial charge in [0.2, 0.25) is 0 Å². The molecule has 4 nitrogen and oxygen atoms in total. The van der Waals surface area contributed by atoms with E-state index >= 15 is 0 Å². The minimum Gasteiger partial charge on any atom is -0.477 e. The van der Waals surface area contributed by atoms with Gasteiger partial charge in [0.1, 0.15) is 10.3 Å². The van der Waals surface area contributed by atoms with Crippen molar-refractivity contribution in [1.29, 1.82) is 0 Å². The number of aromatic carboxylic acids is 1. The van der Waals surface area contributed by atoms with Crippen molar-refractivity contribution in [2.45, 2.75) is 12.3 Å². The highest BCUT2D eigenvalue weighted by Crippen LogP contribution is 2.29. The first-order chi connectivity index (χ1) is 7.18. The monoisotopic (exact) mass is 271 g/mol. The average molecular weight is 272 g/mol. The molecule has 1 N–H and O–H groups in total. The van der Waals surface area contributed by atoms with E-state index in [2.05, 4.69) is 20.9 Å². The first kappa shape index (κ1) is 10.6. The largest absolute Gasteiger partial charge is 0.477 e. The van der Waals surface area contributed by atoms with Crippen LogP contribution in [0.1, 0.15) is 28.4 Å². The molecule has 0 radical (unpaired) electrons. The fourth-order valence-corrected chi connectivity index (χ4v) is 2.30. The van der Waals surface area contributed by atoms with Crippen LogP contribution in [0.4, 0.5) is 0 Å². The minimum atomic E-state index is -1.01. The molecule has 0 amide bonds. The molecular formula is C10H10BrNO3. The Morgan fingerprint density at radius 2 is 2.40 bits per heavy atom. The highest BCUT2D eigenvalue weighted by Gasteiger charge is 2.21. The topological polar surface area (TPSA) is 59.4 Å². The van der Waals surface area contributed by atoms with Crippen molar-refractivity contribution in [1.82, 2.24) is 4.98 Å². The Morgan fingerprint density at radius 1 is 1.60 bits per heavy atom. The van der Waals surface area contributed by atoms with Gasteiger partial charge in [0, 0.05) is 12.5 Å². The van der Waals surface area contributed by atoms with Gasteiger partial charge in [-0.3, -0.25) is 0 Å². The summed E-state index contributed by atoms with van der Waals surface area (Å²) in [6.07, 6.45) is 0.965. The lowest BCUT2D eigenvalue weighted by atomic mass is 10.0. The molecule has 1 aromatic heterocycles. The quantitative estimate of drug-likeness (QED) is 0.837. The molecule has 0 spiro atoms. The molecule has 1 aliphatic heterocycles. The molecule has 2 heterocycles. The standard InChI is InChI=1S/C10H10BrNO3/c11-9-7(6-3-4-15-5-6)1-2-8(12-9)10(13)14/h1-2,6H,3-5H2,(H,13,14). The summed E-state index contributed by atoms with van der Waals surface area (Å²) in [4.78, 5) is 14.7. The molecule has 15 heavy (non-hydrogen) atoms. The fourth-order valence-electron chi connectivity index (χ4n) is 1.65. The number of carbonyl (C=O) groups is 1. The SMILES string of the molecule is O=C(O)c1ccc(C2CCOC2)c(Br)n1. The van der Waals surface area contributed by atoms with Crippen LogP contribution in [0.25, 0.3) is 0 Å². The predicted octanol–water partition coefficient (Wildman–Crippen LogP) is 2.05. The predicted molar refractivity (Wildman–Crippen MR) is 57.1 cm³/mol. The number of pyridine rings is 1. The number of carboxylic acid groups (broad SMARTS) is 1. The molecule has 0 aromatic carbocycles. The van der Waals surface area contributed by atoms with Gasteiger partial charge in [0.25, 0.3) is 0 Å².